The molecule has 3 rings (SSSR count). The van der Waals surface area contributed by atoms with Crippen LogP contribution in [-0.2, 0) is 11.3 Å². The molecule has 20 heavy (non-hydrogen) atoms. The molecule has 0 aliphatic carbocycles. The van der Waals surface area contributed by atoms with Gasteiger partial charge < -0.3 is 9.68 Å². The third-order valence-corrected chi connectivity index (χ3v) is 4.20. The summed E-state index contributed by atoms with van der Waals surface area (Å²) in [6.07, 6.45) is 3.70. The molecule has 1 aliphatic rings. The first-order valence-electron chi connectivity index (χ1n) is 6.10. The third-order valence-electron chi connectivity index (χ3n) is 3.32. The van der Waals surface area contributed by atoms with Gasteiger partial charge in [-0.2, -0.15) is 0 Å². The normalized spacial score (nSPS) is 13.7. The number of benzene rings is 1. The summed E-state index contributed by atoms with van der Waals surface area (Å²) in [7, 11) is -0.882. The lowest BCUT2D eigenvalue weighted by atomic mass is 9.78. The van der Waals surface area contributed by atoms with Gasteiger partial charge in [-0.3, -0.25) is 0 Å². The number of aromatic nitrogens is 2. The molecule has 0 atom stereocenters. The molecule has 0 fully saturated rings. The van der Waals surface area contributed by atoms with Crippen LogP contribution >= 0.6 is 23.4 Å². The molecule has 0 saturated heterocycles. The van der Waals surface area contributed by atoms with Gasteiger partial charge in [-0.1, -0.05) is 29.4 Å². The Hall–Kier alpha value is -1.08. The van der Waals surface area contributed by atoms with Crippen molar-refractivity contribution in [3.8, 4) is 11.1 Å². The second kappa shape index (κ2) is 5.37. The monoisotopic (exact) mass is 306 g/mol. The molecule has 7 heteroatoms. The Balaban J connectivity index is 2.13. The minimum Gasteiger partial charge on any atom is -0.423 e. The summed E-state index contributed by atoms with van der Waals surface area (Å²) >= 11 is 7.83. The summed E-state index contributed by atoms with van der Waals surface area (Å²) in [6, 6.07) is 3.70. The summed E-state index contributed by atoms with van der Waals surface area (Å²) in [5, 5.41) is 11.1. The van der Waals surface area contributed by atoms with Crippen molar-refractivity contribution in [2.45, 2.75) is 18.7 Å². The van der Waals surface area contributed by atoms with E-state index in [1.165, 1.54) is 11.8 Å². The van der Waals surface area contributed by atoms with Crippen molar-refractivity contribution in [3.05, 3.63) is 34.6 Å². The Bertz CT molecular complexity index is 684. The van der Waals surface area contributed by atoms with E-state index < -0.39 is 7.12 Å². The first-order valence-corrected chi connectivity index (χ1v) is 7.70. The van der Waals surface area contributed by atoms with Crippen LogP contribution in [0.15, 0.2) is 23.5 Å². The molecule has 0 amide bonds. The molecule has 4 nitrogen and oxygen atoms in total. The summed E-state index contributed by atoms with van der Waals surface area (Å²) in [5.41, 5.74) is 4.23. The zero-order valence-corrected chi connectivity index (χ0v) is 12.6. The maximum atomic E-state index is 9.80. The van der Waals surface area contributed by atoms with Gasteiger partial charge in [-0.15, -0.1) is 0 Å². The first-order chi connectivity index (χ1) is 9.60. The predicted octanol–water partition coefficient (Wildman–Crippen LogP) is 2.05. The molecular formula is C13H12BClN2O2S. The van der Waals surface area contributed by atoms with Crippen molar-refractivity contribution >= 4 is 35.9 Å². The minimum absolute atomic E-state index is 0.386. The van der Waals surface area contributed by atoms with Gasteiger partial charge in [0.25, 0.3) is 0 Å². The summed E-state index contributed by atoms with van der Waals surface area (Å²) in [6.45, 7) is 2.31. The van der Waals surface area contributed by atoms with E-state index in [0.717, 1.165) is 33.0 Å². The van der Waals surface area contributed by atoms with Gasteiger partial charge in [0.2, 0.25) is 0 Å². The first kappa shape index (κ1) is 13.9. The zero-order valence-electron chi connectivity index (χ0n) is 11.1. The lowest BCUT2D eigenvalue weighted by molar-refractivity contribution is 0.275. The van der Waals surface area contributed by atoms with Crippen LogP contribution in [0.2, 0.25) is 5.02 Å². The van der Waals surface area contributed by atoms with Crippen LogP contribution in [0.5, 0.6) is 0 Å². The highest BCUT2D eigenvalue weighted by Crippen LogP contribution is 2.31. The van der Waals surface area contributed by atoms with Crippen LogP contribution < -0.4 is 5.46 Å². The number of halogens is 1. The molecule has 1 aromatic heterocycles. The van der Waals surface area contributed by atoms with Crippen molar-refractivity contribution in [2.24, 2.45) is 0 Å². The van der Waals surface area contributed by atoms with Crippen LogP contribution in [0.1, 0.15) is 11.3 Å². The second-order valence-electron chi connectivity index (χ2n) is 4.55. The number of fused-ring (bicyclic) bond motifs is 1. The Labute approximate surface area is 126 Å². The quantitative estimate of drug-likeness (QED) is 0.523. The highest BCUT2D eigenvalue weighted by molar-refractivity contribution is 7.98. The number of hydrogen-bond donors (Lipinski definition) is 1. The standard InChI is InChI=1S/C13H12BClN2O2S/c1-7-10(5-16-13(17-7)20-2)9-4-11-8(3-12(9)15)6-19-14(11)18/h3-5,18H,6H2,1-2H3. The number of hydrogen-bond acceptors (Lipinski definition) is 5. The van der Waals surface area contributed by atoms with Crippen molar-refractivity contribution < 1.29 is 9.68 Å². The Morgan fingerprint density at radius 1 is 1.40 bits per heavy atom. The van der Waals surface area contributed by atoms with Crippen LogP contribution in [0.3, 0.4) is 0 Å². The van der Waals surface area contributed by atoms with Crippen LogP contribution in [0.25, 0.3) is 11.1 Å². The van der Waals surface area contributed by atoms with E-state index >= 15 is 0 Å². The lowest BCUT2D eigenvalue weighted by Crippen LogP contribution is -2.28. The maximum Gasteiger partial charge on any atom is 0.491 e. The average molecular weight is 307 g/mol. The van der Waals surface area contributed by atoms with E-state index in [4.69, 9.17) is 16.3 Å². The van der Waals surface area contributed by atoms with Crippen molar-refractivity contribution in [3.63, 3.8) is 0 Å². The van der Waals surface area contributed by atoms with Gasteiger partial charge in [0.05, 0.1) is 6.61 Å². The molecule has 0 saturated carbocycles. The van der Waals surface area contributed by atoms with E-state index in [1.54, 1.807) is 6.20 Å². The highest BCUT2D eigenvalue weighted by Gasteiger charge is 2.28. The molecule has 2 aromatic rings. The molecule has 0 radical (unpaired) electrons. The molecular weight excluding hydrogens is 294 g/mol. The molecule has 0 unspecified atom stereocenters. The van der Waals surface area contributed by atoms with Crippen LogP contribution in [0.4, 0.5) is 0 Å². The minimum atomic E-state index is -0.882. The maximum absolute atomic E-state index is 9.80. The van der Waals surface area contributed by atoms with Gasteiger partial charge >= 0.3 is 7.12 Å². The molecule has 2 heterocycles. The van der Waals surface area contributed by atoms with Crippen LogP contribution in [0, 0.1) is 6.92 Å². The predicted molar refractivity (Wildman–Crippen MR) is 81.4 cm³/mol. The van der Waals surface area contributed by atoms with Gasteiger partial charge in [0.1, 0.15) is 0 Å². The number of nitrogens with zero attached hydrogens (tertiary/aromatic N) is 2. The molecule has 0 spiro atoms. The van der Waals surface area contributed by atoms with E-state index in [2.05, 4.69) is 9.97 Å². The smallest absolute Gasteiger partial charge is 0.423 e. The highest BCUT2D eigenvalue weighted by atomic mass is 35.5. The molecule has 1 aliphatic heterocycles. The van der Waals surface area contributed by atoms with Crippen molar-refractivity contribution in [2.75, 3.05) is 6.26 Å². The lowest BCUT2D eigenvalue weighted by Gasteiger charge is -2.10. The molecule has 1 N–H and O–H groups in total. The fourth-order valence-electron chi connectivity index (χ4n) is 2.26. The fourth-order valence-corrected chi connectivity index (χ4v) is 2.93. The van der Waals surface area contributed by atoms with E-state index in [9.17, 15) is 5.02 Å². The summed E-state index contributed by atoms with van der Waals surface area (Å²) < 4.78 is 5.20. The number of aryl methyl sites for hydroxylation is 1. The van der Waals surface area contributed by atoms with E-state index in [1.807, 2.05) is 25.3 Å². The topological polar surface area (TPSA) is 55.2 Å². The van der Waals surface area contributed by atoms with Crippen LogP contribution in [-0.4, -0.2) is 28.4 Å². The van der Waals surface area contributed by atoms with Gasteiger partial charge in [-0.05, 0) is 30.3 Å². The molecule has 0 bridgehead atoms. The van der Waals surface area contributed by atoms with Crippen molar-refractivity contribution in [1.29, 1.82) is 0 Å². The second-order valence-corrected chi connectivity index (χ2v) is 5.73. The number of thioether (sulfide) groups is 1. The van der Waals surface area contributed by atoms with E-state index in [-0.39, 0.29) is 0 Å². The fraction of sp³-hybridized carbons (Fsp3) is 0.231. The third kappa shape index (κ3) is 2.33. The summed E-state index contributed by atoms with van der Waals surface area (Å²) in [4.78, 5) is 8.71. The van der Waals surface area contributed by atoms with Gasteiger partial charge in [-0.25, -0.2) is 9.97 Å². The van der Waals surface area contributed by atoms with E-state index in [0.29, 0.717) is 11.6 Å². The number of rotatable bonds is 2. The summed E-state index contributed by atoms with van der Waals surface area (Å²) in [5.74, 6) is 0. The van der Waals surface area contributed by atoms with Gasteiger partial charge in [0, 0.05) is 28.0 Å². The van der Waals surface area contributed by atoms with Gasteiger partial charge in [0.15, 0.2) is 5.16 Å². The Morgan fingerprint density at radius 3 is 2.90 bits per heavy atom. The Kier molecular flexibility index (Phi) is 3.73. The SMILES string of the molecule is CSc1ncc(-c2cc3c(cc2Cl)COB3O)c(C)n1. The zero-order chi connectivity index (χ0) is 14.3. The van der Waals surface area contributed by atoms with Crippen molar-refractivity contribution in [1.82, 2.24) is 9.97 Å². The largest absolute Gasteiger partial charge is 0.491 e. The molecule has 1 aromatic carbocycles. The molecule has 102 valence electrons. The Morgan fingerprint density at radius 2 is 2.20 bits per heavy atom. The average Bonchev–Trinajstić information content (AvgIpc) is 2.79.